The fourth-order valence-electron chi connectivity index (χ4n) is 2.13. The molecule has 1 aromatic carbocycles. The molecule has 0 aromatic heterocycles. The van der Waals surface area contributed by atoms with Crippen LogP contribution in [0.1, 0.15) is 12.8 Å². The van der Waals surface area contributed by atoms with Crippen LogP contribution in [0.15, 0.2) is 16.6 Å². The quantitative estimate of drug-likeness (QED) is 0.622. The number of hydrogen-bond acceptors (Lipinski definition) is 6. The topological polar surface area (TPSA) is 77.0 Å². The van der Waals surface area contributed by atoms with Crippen molar-refractivity contribution in [3.8, 4) is 5.75 Å². The van der Waals surface area contributed by atoms with Crippen molar-refractivity contribution < 1.29 is 14.9 Å². The average Bonchev–Trinajstić information content (AvgIpc) is 3.17. The van der Waals surface area contributed by atoms with Crippen LogP contribution >= 0.6 is 15.9 Å². The van der Waals surface area contributed by atoms with E-state index in [2.05, 4.69) is 31.9 Å². The molecule has 0 saturated heterocycles. The van der Waals surface area contributed by atoms with Crippen LogP contribution in [0.2, 0.25) is 0 Å². The Morgan fingerprint density at radius 3 is 2.95 bits per heavy atom. The van der Waals surface area contributed by atoms with Gasteiger partial charge in [-0.25, -0.2) is 0 Å². The maximum atomic E-state index is 9.33. The van der Waals surface area contributed by atoms with Crippen LogP contribution in [0.25, 0.3) is 0 Å². The second-order valence-corrected chi connectivity index (χ2v) is 6.00. The Labute approximate surface area is 125 Å². The van der Waals surface area contributed by atoms with E-state index < -0.39 is 6.10 Å². The lowest BCUT2D eigenvalue weighted by Crippen LogP contribution is -2.37. The van der Waals surface area contributed by atoms with Crippen molar-refractivity contribution in [2.24, 2.45) is 5.92 Å². The summed E-state index contributed by atoms with van der Waals surface area (Å²) in [5.41, 5.74) is 8.29. The highest BCUT2D eigenvalue weighted by Crippen LogP contribution is 2.43. The van der Waals surface area contributed by atoms with Crippen LogP contribution in [-0.4, -0.2) is 36.1 Å². The van der Waals surface area contributed by atoms with Gasteiger partial charge in [-0.1, -0.05) is 0 Å². The number of anilines is 2. The largest absolute Gasteiger partial charge is 0.490 e. The molecule has 1 unspecified atom stereocenters. The van der Waals surface area contributed by atoms with Gasteiger partial charge in [0.2, 0.25) is 0 Å². The fraction of sp³-hybridized carbons (Fsp3) is 0.538. The number of aliphatic hydroxyl groups excluding tert-OH is 2. The van der Waals surface area contributed by atoms with Gasteiger partial charge in [-0.3, -0.25) is 5.01 Å². The first-order chi connectivity index (χ1) is 9.69. The minimum absolute atomic E-state index is 0.0626. The molecule has 1 aliphatic carbocycles. The van der Waals surface area contributed by atoms with Gasteiger partial charge in [-0.2, -0.15) is 0 Å². The van der Waals surface area contributed by atoms with E-state index in [1.807, 2.05) is 12.1 Å². The Morgan fingerprint density at radius 1 is 1.45 bits per heavy atom. The molecule has 2 aliphatic rings. The third-order valence-electron chi connectivity index (χ3n) is 3.47. The molecular formula is C13H18BrN3O3. The number of ether oxygens (including phenoxy) is 1. The summed E-state index contributed by atoms with van der Waals surface area (Å²) in [6.45, 7) is 0.751. The zero-order valence-corrected chi connectivity index (χ0v) is 12.6. The molecule has 1 atom stereocenters. The Hall–Kier alpha value is -1.02. The predicted molar refractivity (Wildman–Crippen MR) is 79.6 cm³/mol. The molecule has 1 aliphatic heterocycles. The minimum Gasteiger partial charge on any atom is -0.490 e. The Morgan fingerprint density at radius 2 is 2.25 bits per heavy atom. The van der Waals surface area contributed by atoms with Crippen molar-refractivity contribution in [2.45, 2.75) is 18.9 Å². The van der Waals surface area contributed by atoms with E-state index in [1.54, 1.807) is 0 Å². The molecule has 0 amide bonds. The van der Waals surface area contributed by atoms with Crippen molar-refractivity contribution >= 4 is 27.3 Å². The van der Waals surface area contributed by atoms with Gasteiger partial charge in [0, 0.05) is 6.54 Å². The summed E-state index contributed by atoms with van der Waals surface area (Å²) in [7, 11) is 0. The highest BCUT2D eigenvalue weighted by atomic mass is 79.9. The smallest absolute Gasteiger partial charge is 0.135 e. The van der Waals surface area contributed by atoms with Crippen molar-refractivity contribution in [1.29, 1.82) is 0 Å². The molecular weight excluding hydrogens is 326 g/mol. The van der Waals surface area contributed by atoms with Crippen LogP contribution in [0.4, 0.5) is 11.4 Å². The van der Waals surface area contributed by atoms with Gasteiger partial charge in [-0.15, -0.1) is 5.53 Å². The second kappa shape index (κ2) is 5.77. The minimum atomic E-state index is -0.868. The van der Waals surface area contributed by atoms with Gasteiger partial charge in [0.25, 0.3) is 0 Å². The first-order valence-electron chi connectivity index (χ1n) is 6.72. The van der Waals surface area contributed by atoms with E-state index >= 15 is 0 Å². The van der Waals surface area contributed by atoms with E-state index in [4.69, 9.17) is 9.84 Å². The molecule has 0 radical (unpaired) electrons. The number of benzene rings is 1. The molecule has 1 fully saturated rings. The van der Waals surface area contributed by atoms with Crippen LogP contribution in [0.5, 0.6) is 5.75 Å². The molecule has 4 N–H and O–H groups in total. The van der Waals surface area contributed by atoms with Gasteiger partial charge in [-0.05, 0) is 46.8 Å². The third-order valence-corrected chi connectivity index (χ3v) is 4.26. The third kappa shape index (κ3) is 2.85. The van der Waals surface area contributed by atoms with Crippen molar-refractivity contribution in [3.05, 3.63) is 16.6 Å². The van der Waals surface area contributed by atoms with E-state index in [-0.39, 0.29) is 13.2 Å². The number of nitrogens with zero attached hydrogens (tertiary/aromatic N) is 1. The monoisotopic (exact) mass is 343 g/mol. The van der Waals surface area contributed by atoms with E-state index in [0.29, 0.717) is 5.75 Å². The Bertz CT molecular complexity index is 496. The summed E-state index contributed by atoms with van der Waals surface area (Å²) in [6, 6.07) is 3.84. The fourth-order valence-corrected chi connectivity index (χ4v) is 2.68. The number of rotatable bonds is 6. The number of fused-ring (bicyclic) bond motifs is 1. The van der Waals surface area contributed by atoms with Crippen LogP contribution in [0, 0.1) is 5.92 Å². The van der Waals surface area contributed by atoms with E-state index in [1.165, 1.54) is 12.8 Å². The first-order valence-corrected chi connectivity index (χ1v) is 7.51. The first kappa shape index (κ1) is 13.9. The molecule has 20 heavy (non-hydrogen) atoms. The average molecular weight is 344 g/mol. The maximum Gasteiger partial charge on any atom is 0.135 e. The highest BCUT2D eigenvalue weighted by molar-refractivity contribution is 9.10. The standard InChI is InChI=1S/C13H18BrN3O3/c14-12-11(20-7-9(19)6-18)4-3-10-13(12)15-16-17(10)5-8-1-2-8/h3-4,8-9,15-16,18-19H,1-2,5-7H2. The number of nitrogens with one attached hydrogen (secondary N) is 2. The summed E-state index contributed by atoms with van der Waals surface area (Å²) < 4.78 is 6.31. The number of hydrazine groups is 2. The zero-order chi connectivity index (χ0) is 14.1. The molecule has 7 heteroatoms. The van der Waals surface area contributed by atoms with E-state index in [9.17, 15) is 5.11 Å². The lowest BCUT2D eigenvalue weighted by Gasteiger charge is -2.17. The molecule has 1 heterocycles. The lowest BCUT2D eigenvalue weighted by molar-refractivity contribution is 0.0534. The Balaban J connectivity index is 1.72. The summed E-state index contributed by atoms with van der Waals surface area (Å²) in [6.07, 6.45) is 1.73. The molecule has 110 valence electrons. The van der Waals surface area contributed by atoms with Crippen LogP contribution in [0.3, 0.4) is 0 Å². The van der Waals surface area contributed by atoms with Gasteiger partial charge >= 0.3 is 0 Å². The molecule has 0 spiro atoms. The van der Waals surface area contributed by atoms with E-state index in [0.717, 1.165) is 28.3 Å². The molecule has 3 rings (SSSR count). The molecule has 1 saturated carbocycles. The SMILES string of the molecule is OCC(O)COc1ccc2c(c1Br)NNN2CC1CC1. The summed E-state index contributed by atoms with van der Waals surface area (Å²) in [5, 5.41) is 20.2. The molecule has 1 aromatic rings. The zero-order valence-electron chi connectivity index (χ0n) is 11.0. The van der Waals surface area contributed by atoms with Gasteiger partial charge in [0.1, 0.15) is 18.5 Å². The molecule has 0 bridgehead atoms. The van der Waals surface area contributed by atoms with Gasteiger partial charge in [0.05, 0.1) is 22.5 Å². The normalized spacial score (nSPS) is 18.6. The molecule has 6 nitrogen and oxygen atoms in total. The van der Waals surface area contributed by atoms with Crippen LogP contribution in [-0.2, 0) is 0 Å². The second-order valence-electron chi connectivity index (χ2n) is 5.21. The van der Waals surface area contributed by atoms with Crippen molar-refractivity contribution in [1.82, 2.24) is 5.53 Å². The number of halogens is 1. The summed E-state index contributed by atoms with van der Waals surface area (Å²) in [4.78, 5) is 0. The van der Waals surface area contributed by atoms with Gasteiger partial charge in [0.15, 0.2) is 0 Å². The number of hydrogen-bond donors (Lipinski definition) is 4. The lowest BCUT2D eigenvalue weighted by atomic mass is 10.2. The highest BCUT2D eigenvalue weighted by Gasteiger charge is 2.29. The van der Waals surface area contributed by atoms with Crippen molar-refractivity contribution in [2.75, 3.05) is 30.2 Å². The van der Waals surface area contributed by atoms with Crippen molar-refractivity contribution in [3.63, 3.8) is 0 Å². The predicted octanol–water partition coefficient (Wildman–Crippen LogP) is 1.24. The summed E-state index contributed by atoms with van der Waals surface area (Å²) in [5.74, 6) is 1.42. The van der Waals surface area contributed by atoms with Gasteiger partial charge < -0.3 is 20.4 Å². The summed E-state index contributed by atoms with van der Waals surface area (Å²) >= 11 is 3.52. The maximum absolute atomic E-state index is 9.33. The van der Waals surface area contributed by atoms with Crippen LogP contribution < -0.4 is 20.7 Å². The Kier molecular flexibility index (Phi) is 4.02. The number of aliphatic hydroxyl groups is 2.